The number of hydrogen-bond donors (Lipinski definition) is 0. The fourth-order valence-corrected chi connectivity index (χ4v) is 2.05. The number of nitrogens with zero attached hydrogens (tertiary/aromatic N) is 2. The standard InChI is InChI=1S/C13H13ClN2O2/c1-3-18-12-5-4-9(6-11(12)14)13-10(8-17)7-15-16(13)2/h4-8H,3H2,1-2H3. The summed E-state index contributed by atoms with van der Waals surface area (Å²) in [5, 5.41) is 4.58. The molecule has 0 fully saturated rings. The zero-order valence-corrected chi connectivity index (χ0v) is 10.9. The number of carbonyl (C=O) groups is 1. The summed E-state index contributed by atoms with van der Waals surface area (Å²) < 4.78 is 7.02. The fourth-order valence-electron chi connectivity index (χ4n) is 1.81. The predicted octanol–water partition coefficient (Wildman–Crippen LogP) is 2.95. The molecule has 1 heterocycles. The summed E-state index contributed by atoms with van der Waals surface area (Å²) in [5.41, 5.74) is 2.12. The van der Waals surface area contributed by atoms with Crippen LogP contribution in [0.5, 0.6) is 5.75 Å². The number of aldehydes is 1. The van der Waals surface area contributed by atoms with Crippen LogP contribution in [0.25, 0.3) is 11.3 Å². The van der Waals surface area contributed by atoms with E-state index in [1.54, 1.807) is 23.9 Å². The maximum absolute atomic E-state index is 11.0. The molecule has 0 spiro atoms. The van der Waals surface area contributed by atoms with Crippen molar-refractivity contribution in [1.29, 1.82) is 0 Å². The molecular formula is C13H13ClN2O2. The lowest BCUT2D eigenvalue weighted by molar-refractivity contribution is 0.112. The third-order valence-electron chi connectivity index (χ3n) is 2.60. The van der Waals surface area contributed by atoms with Crippen molar-refractivity contribution >= 4 is 17.9 Å². The molecule has 0 bridgehead atoms. The van der Waals surface area contributed by atoms with E-state index in [0.29, 0.717) is 22.9 Å². The molecule has 1 aromatic heterocycles. The van der Waals surface area contributed by atoms with Crippen LogP contribution in [-0.4, -0.2) is 22.7 Å². The molecule has 2 rings (SSSR count). The van der Waals surface area contributed by atoms with E-state index in [-0.39, 0.29) is 0 Å². The number of hydrogen-bond acceptors (Lipinski definition) is 3. The lowest BCUT2D eigenvalue weighted by Gasteiger charge is -2.08. The second kappa shape index (κ2) is 5.23. The maximum atomic E-state index is 11.0. The first kappa shape index (κ1) is 12.6. The van der Waals surface area contributed by atoms with Crippen molar-refractivity contribution < 1.29 is 9.53 Å². The summed E-state index contributed by atoms with van der Waals surface area (Å²) in [5.74, 6) is 0.637. The molecule has 0 atom stereocenters. The van der Waals surface area contributed by atoms with Gasteiger partial charge in [0.15, 0.2) is 6.29 Å². The van der Waals surface area contributed by atoms with Gasteiger partial charge in [-0.1, -0.05) is 11.6 Å². The zero-order valence-electron chi connectivity index (χ0n) is 10.2. The van der Waals surface area contributed by atoms with Crippen molar-refractivity contribution in [3.63, 3.8) is 0 Å². The number of rotatable bonds is 4. The van der Waals surface area contributed by atoms with Crippen LogP contribution in [0.15, 0.2) is 24.4 Å². The summed E-state index contributed by atoms with van der Waals surface area (Å²) in [6, 6.07) is 5.43. The smallest absolute Gasteiger partial charge is 0.153 e. The Labute approximate surface area is 110 Å². The molecule has 0 unspecified atom stereocenters. The SMILES string of the molecule is CCOc1ccc(-c2c(C=O)cnn2C)cc1Cl. The van der Waals surface area contributed by atoms with Gasteiger partial charge in [-0.15, -0.1) is 0 Å². The molecular weight excluding hydrogens is 252 g/mol. The molecule has 1 aromatic carbocycles. The van der Waals surface area contributed by atoms with Crippen LogP contribution in [0.2, 0.25) is 5.02 Å². The second-order valence-electron chi connectivity index (χ2n) is 3.77. The van der Waals surface area contributed by atoms with E-state index >= 15 is 0 Å². The molecule has 0 aliphatic heterocycles. The largest absolute Gasteiger partial charge is 0.492 e. The highest BCUT2D eigenvalue weighted by Crippen LogP contribution is 2.31. The Kier molecular flexibility index (Phi) is 3.67. The molecule has 0 saturated carbocycles. The minimum Gasteiger partial charge on any atom is -0.492 e. The third kappa shape index (κ3) is 2.24. The molecule has 2 aromatic rings. The Balaban J connectivity index is 2.48. The van der Waals surface area contributed by atoms with Gasteiger partial charge in [0.1, 0.15) is 5.75 Å². The van der Waals surface area contributed by atoms with Crippen molar-refractivity contribution in [3.8, 4) is 17.0 Å². The summed E-state index contributed by atoms with van der Waals surface area (Å²) >= 11 is 6.13. The highest BCUT2D eigenvalue weighted by molar-refractivity contribution is 6.32. The van der Waals surface area contributed by atoms with E-state index in [2.05, 4.69) is 5.10 Å². The number of carbonyl (C=O) groups excluding carboxylic acids is 1. The van der Waals surface area contributed by atoms with Crippen LogP contribution in [0.1, 0.15) is 17.3 Å². The molecule has 0 radical (unpaired) electrons. The van der Waals surface area contributed by atoms with E-state index in [0.717, 1.165) is 17.5 Å². The Bertz CT molecular complexity index is 578. The van der Waals surface area contributed by atoms with Crippen LogP contribution in [-0.2, 0) is 7.05 Å². The second-order valence-corrected chi connectivity index (χ2v) is 4.18. The maximum Gasteiger partial charge on any atom is 0.153 e. The van der Waals surface area contributed by atoms with Gasteiger partial charge in [-0.2, -0.15) is 5.10 Å². The van der Waals surface area contributed by atoms with Crippen LogP contribution in [0, 0.1) is 0 Å². The van der Waals surface area contributed by atoms with E-state index in [1.165, 1.54) is 6.20 Å². The van der Waals surface area contributed by atoms with E-state index in [9.17, 15) is 4.79 Å². The van der Waals surface area contributed by atoms with Gasteiger partial charge in [-0.3, -0.25) is 9.48 Å². The van der Waals surface area contributed by atoms with E-state index in [1.807, 2.05) is 13.0 Å². The summed E-state index contributed by atoms with van der Waals surface area (Å²) in [6.45, 7) is 2.46. The van der Waals surface area contributed by atoms with Crippen LogP contribution < -0.4 is 4.74 Å². The molecule has 94 valence electrons. The number of ether oxygens (including phenoxy) is 1. The molecule has 0 aliphatic rings. The quantitative estimate of drug-likeness (QED) is 0.798. The van der Waals surface area contributed by atoms with Gasteiger partial charge in [-0.25, -0.2) is 0 Å². The topological polar surface area (TPSA) is 44.1 Å². The summed E-state index contributed by atoms with van der Waals surface area (Å²) in [6.07, 6.45) is 2.32. The highest BCUT2D eigenvalue weighted by atomic mass is 35.5. The zero-order chi connectivity index (χ0) is 13.1. The molecule has 0 N–H and O–H groups in total. The van der Waals surface area contributed by atoms with Gasteiger partial charge in [-0.05, 0) is 25.1 Å². The van der Waals surface area contributed by atoms with Crippen LogP contribution >= 0.6 is 11.6 Å². The lowest BCUT2D eigenvalue weighted by atomic mass is 10.1. The molecule has 4 nitrogen and oxygen atoms in total. The van der Waals surface area contributed by atoms with Gasteiger partial charge in [0.05, 0.1) is 29.1 Å². The summed E-state index contributed by atoms with van der Waals surface area (Å²) in [7, 11) is 1.78. The molecule has 0 saturated heterocycles. The van der Waals surface area contributed by atoms with Crippen molar-refractivity contribution in [3.05, 3.63) is 35.0 Å². The number of aromatic nitrogens is 2. The minimum absolute atomic E-state index is 0.521. The Morgan fingerprint density at radius 1 is 1.50 bits per heavy atom. The Morgan fingerprint density at radius 3 is 2.89 bits per heavy atom. The number of aryl methyl sites for hydroxylation is 1. The average Bonchev–Trinajstić information content (AvgIpc) is 2.73. The Morgan fingerprint density at radius 2 is 2.28 bits per heavy atom. The molecule has 5 heteroatoms. The van der Waals surface area contributed by atoms with Gasteiger partial charge in [0.25, 0.3) is 0 Å². The van der Waals surface area contributed by atoms with Crippen LogP contribution in [0.3, 0.4) is 0 Å². The molecule has 0 amide bonds. The highest BCUT2D eigenvalue weighted by Gasteiger charge is 2.12. The average molecular weight is 265 g/mol. The molecule has 0 aliphatic carbocycles. The first-order valence-electron chi connectivity index (χ1n) is 5.57. The van der Waals surface area contributed by atoms with Gasteiger partial charge in [0, 0.05) is 12.6 Å². The van der Waals surface area contributed by atoms with Gasteiger partial charge >= 0.3 is 0 Å². The lowest BCUT2D eigenvalue weighted by Crippen LogP contribution is -1.97. The van der Waals surface area contributed by atoms with E-state index in [4.69, 9.17) is 16.3 Å². The first-order chi connectivity index (χ1) is 8.67. The minimum atomic E-state index is 0.521. The van der Waals surface area contributed by atoms with E-state index < -0.39 is 0 Å². The number of halogens is 1. The van der Waals surface area contributed by atoms with Crippen molar-refractivity contribution in [2.75, 3.05) is 6.61 Å². The van der Waals surface area contributed by atoms with Gasteiger partial charge < -0.3 is 4.74 Å². The first-order valence-corrected chi connectivity index (χ1v) is 5.95. The van der Waals surface area contributed by atoms with Crippen molar-refractivity contribution in [2.45, 2.75) is 6.92 Å². The number of benzene rings is 1. The van der Waals surface area contributed by atoms with Crippen molar-refractivity contribution in [2.24, 2.45) is 7.05 Å². The van der Waals surface area contributed by atoms with Crippen LogP contribution in [0.4, 0.5) is 0 Å². The fraction of sp³-hybridized carbons (Fsp3) is 0.231. The van der Waals surface area contributed by atoms with Crippen molar-refractivity contribution in [1.82, 2.24) is 9.78 Å². The van der Waals surface area contributed by atoms with Gasteiger partial charge in [0.2, 0.25) is 0 Å². The normalized spacial score (nSPS) is 10.4. The molecule has 18 heavy (non-hydrogen) atoms. The third-order valence-corrected chi connectivity index (χ3v) is 2.89. The Hall–Kier alpha value is -1.81. The summed E-state index contributed by atoms with van der Waals surface area (Å²) in [4.78, 5) is 11.0. The predicted molar refractivity (Wildman–Crippen MR) is 70.2 cm³/mol. The monoisotopic (exact) mass is 264 g/mol.